The summed E-state index contributed by atoms with van der Waals surface area (Å²) in [6.07, 6.45) is 5.40. The number of carbonyl (C=O) groups excluding carboxylic acids is 3. The maximum Gasteiger partial charge on any atom is 0.312 e. The molecule has 0 aromatic heterocycles. The maximum absolute atomic E-state index is 13.4. The van der Waals surface area contributed by atoms with Crippen LogP contribution < -0.4 is 0 Å². The number of carbonyl (C=O) groups is 3. The molecular formula is C31H49NO6. The second-order valence-corrected chi connectivity index (χ2v) is 11.9. The van der Waals surface area contributed by atoms with Gasteiger partial charge in [0, 0.05) is 19.5 Å². The van der Waals surface area contributed by atoms with Gasteiger partial charge in [-0.3, -0.25) is 14.4 Å². The third-order valence-corrected chi connectivity index (χ3v) is 8.40. The van der Waals surface area contributed by atoms with Crippen LogP contribution in [0.2, 0.25) is 0 Å². The Hall–Kier alpha value is -2.41. The third kappa shape index (κ3) is 9.11. The van der Waals surface area contributed by atoms with Crippen LogP contribution in [0.3, 0.4) is 0 Å². The zero-order valence-corrected chi connectivity index (χ0v) is 24.6. The number of rotatable bonds is 17. The van der Waals surface area contributed by atoms with E-state index < -0.39 is 16.2 Å². The molecule has 0 N–H and O–H groups in total. The Morgan fingerprint density at radius 2 is 1.34 bits per heavy atom. The molecule has 1 fully saturated rings. The van der Waals surface area contributed by atoms with E-state index in [4.69, 9.17) is 14.2 Å². The van der Waals surface area contributed by atoms with Gasteiger partial charge in [-0.25, -0.2) is 0 Å². The van der Waals surface area contributed by atoms with Crippen LogP contribution in [0, 0.1) is 16.2 Å². The molecule has 0 spiro atoms. The lowest BCUT2D eigenvalue weighted by Crippen LogP contribution is -2.38. The SMILES string of the molecule is CCC(C)(CCCC(C)(CCCC(C)(CC)C(=O)N(C)C)C(=O)OCc1ccccc1)C(=O)OCC1CO1. The van der Waals surface area contributed by atoms with Crippen molar-refractivity contribution in [2.45, 2.75) is 98.7 Å². The van der Waals surface area contributed by atoms with Gasteiger partial charge in [-0.1, -0.05) is 63.9 Å². The van der Waals surface area contributed by atoms with E-state index in [2.05, 4.69) is 0 Å². The summed E-state index contributed by atoms with van der Waals surface area (Å²) in [7, 11) is 3.57. The van der Waals surface area contributed by atoms with Crippen LogP contribution >= 0.6 is 0 Å². The molecule has 1 aliphatic rings. The fraction of sp³-hybridized carbons (Fsp3) is 0.710. The van der Waals surface area contributed by atoms with E-state index >= 15 is 0 Å². The molecule has 4 unspecified atom stereocenters. The second-order valence-electron chi connectivity index (χ2n) is 11.9. The number of benzene rings is 1. The van der Waals surface area contributed by atoms with E-state index in [1.807, 2.05) is 65.0 Å². The number of ether oxygens (including phenoxy) is 3. The van der Waals surface area contributed by atoms with Gasteiger partial charge >= 0.3 is 11.9 Å². The summed E-state index contributed by atoms with van der Waals surface area (Å²) < 4.78 is 16.5. The number of hydrogen-bond donors (Lipinski definition) is 0. The fourth-order valence-electron chi connectivity index (χ4n) is 4.87. The van der Waals surface area contributed by atoms with E-state index in [-0.39, 0.29) is 30.6 Å². The summed E-state index contributed by atoms with van der Waals surface area (Å²) in [5.41, 5.74) is -0.846. The van der Waals surface area contributed by atoms with Crippen molar-refractivity contribution in [3.8, 4) is 0 Å². The number of epoxide rings is 1. The Morgan fingerprint density at radius 3 is 1.84 bits per heavy atom. The molecule has 4 atom stereocenters. The van der Waals surface area contributed by atoms with Gasteiger partial charge in [0.05, 0.1) is 17.4 Å². The first-order chi connectivity index (χ1) is 17.9. The lowest BCUT2D eigenvalue weighted by molar-refractivity contribution is -0.158. The van der Waals surface area contributed by atoms with Crippen LogP contribution in [0.5, 0.6) is 0 Å². The molecule has 38 heavy (non-hydrogen) atoms. The summed E-state index contributed by atoms with van der Waals surface area (Å²) in [6.45, 7) is 11.1. The minimum atomic E-state index is -0.717. The molecule has 0 saturated carbocycles. The summed E-state index contributed by atoms with van der Waals surface area (Å²) >= 11 is 0. The summed E-state index contributed by atoms with van der Waals surface area (Å²) in [4.78, 5) is 40.7. The Balaban J connectivity index is 2.06. The topological polar surface area (TPSA) is 85.4 Å². The summed E-state index contributed by atoms with van der Waals surface area (Å²) in [5, 5.41) is 0. The average Bonchev–Trinajstić information content (AvgIpc) is 3.74. The highest BCUT2D eigenvalue weighted by atomic mass is 16.6. The van der Waals surface area contributed by atoms with Crippen molar-refractivity contribution in [3.05, 3.63) is 35.9 Å². The smallest absolute Gasteiger partial charge is 0.312 e. The largest absolute Gasteiger partial charge is 0.462 e. The van der Waals surface area contributed by atoms with Crippen molar-refractivity contribution in [3.63, 3.8) is 0 Å². The lowest BCUT2D eigenvalue weighted by Gasteiger charge is -2.33. The van der Waals surface area contributed by atoms with E-state index in [1.54, 1.807) is 19.0 Å². The Labute approximate surface area is 229 Å². The number of amides is 1. The van der Waals surface area contributed by atoms with Gasteiger partial charge in [-0.2, -0.15) is 0 Å². The molecule has 1 saturated heterocycles. The van der Waals surface area contributed by atoms with Gasteiger partial charge in [0.2, 0.25) is 5.91 Å². The predicted molar refractivity (Wildman–Crippen MR) is 148 cm³/mol. The van der Waals surface area contributed by atoms with Gasteiger partial charge in [0.15, 0.2) is 0 Å². The standard InChI is InChI=1S/C31H49NO6/c1-8-29(3,26(33)32(6)7)17-13-19-31(5,28(35)37-21-24-15-11-10-12-16-24)20-14-18-30(4,9-2)27(34)38-23-25-22-36-25/h10-12,15-16,25H,8-9,13-14,17-23H2,1-7H3. The van der Waals surface area contributed by atoms with E-state index in [9.17, 15) is 14.4 Å². The molecule has 0 aliphatic carbocycles. The van der Waals surface area contributed by atoms with Gasteiger partial charge in [0.1, 0.15) is 19.3 Å². The Morgan fingerprint density at radius 1 is 0.842 bits per heavy atom. The van der Waals surface area contributed by atoms with Crippen LogP contribution in [0.1, 0.15) is 91.5 Å². The average molecular weight is 532 g/mol. The van der Waals surface area contributed by atoms with Crippen molar-refractivity contribution in [1.82, 2.24) is 4.90 Å². The number of esters is 2. The molecule has 0 bridgehead atoms. The van der Waals surface area contributed by atoms with Gasteiger partial charge < -0.3 is 19.1 Å². The van der Waals surface area contributed by atoms with Crippen molar-refractivity contribution >= 4 is 17.8 Å². The highest BCUT2D eigenvalue weighted by Gasteiger charge is 2.39. The van der Waals surface area contributed by atoms with Crippen molar-refractivity contribution in [1.29, 1.82) is 0 Å². The first-order valence-electron chi connectivity index (χ1n) is 14.1. The highest BCUT2D eigenvalue weighted by Crippen LogP contribution is 2.39. The molecule has 214 valence electrons. The second kappa shape index (κ2) is 14.1. The van der Waals surface area contributed by atoms with Crippen LogP contribution in [-0.4, -0.2) is 56.2 Å². The molecule has 7 nitrogen and oxygen atoms in total. The molecule has 2 rings (SSSR count). The van der Waals surface area contributed by atoms with Crippen molar-refractivity contribution in [2.24, 2.45) is 16.2 Å². The van der Waals surface area contributed by atoms with Crippen LogP contribution in [0.4, 0.5) is 0 Å². The molecule has 1 aromatic rings. The van der Waals surface area contributed by atoms with E-state index in [0.29, 0.717) is 51.7 Å². The molecule has 1 aliphatic heterocycles. The monoisotopic (exact) mass is 531 g/mol. The first-order valence-corrected chi connectivity index (χ1v) is 14.1. The molecule has 0 radical (unpaired) electrons. The first kappa shape index (κ1) is 31.8. The normalized spacial score (nSPS) is 19.4. The minimum Gasteiger partial charge on any atom is -0.462 e. The van der Waals surface area contributed by atoms with Crippen LogP contribution in [0.15, 0.2) is 30.3 Å². The van der Waals surface area contributed by atoms with Gasteiger partial charge in [-0.15, -0.1) is 0 Å². The van der Waals surface area contributed by atoms with Crippen LogP contribution in [0.25, 0.3) is 0 Å². The number of hydrogen-bond acceptors (Lipinski definition) is 6. The molecular weight excluding hydrogens is 482 g/mol. The van der Waals surface area contributed by atoms with Gasteiger partial charge in [-0.05, 0) is 57.9 Å². The zero-order chi connectivity index (χ0) is 28.4. The predicted octanol–water partition coefficient (Wildman–Crippen LogP) is 5.94. The summed E-state index contributed by atoms with van der Waals surface area (Å²) in [5.74, 6) is -0.322. The molecule has 1 aromatic carbocycles. The maximum atomic E-state index is 13.4. The molecule has 1 heterocycles. The lowest BCUT2D eigenvalue weighted by atomic mass is 9.74. The molecule has 7 heteroatoms. The van der Waals surface area contributed by atoms with Crippen LogP contribution in [-0.2, 0) is 35.2 Å². The molecule has 1 amide bonds. The quantitative estimate of drug-likeness (QED) is 0.183. The Bertz CT molecular complexity index is 914. The van der Waals surface area contributed by atoms with E-state index in [1.165, 1.54) is 0 Å². The highest BCUT2D eigenvalue weighted by molar-refractivity contribution is 5.81. The van der Waals surface area contributed by atoms with Crippen molar-refractivity contribution in [2.75, 3.05) is 27.3 Å². The Kier molecular flexibility index (Phi) is 11.8. The van der Waals surface area contributed by atoms with E-state index in [0.717, 1.165) is 18.4 Å². The third-order valence-electron chi connectivity index (χ3n) is 8.40. The zero-order valence-electron chi connectivity index (χ0n) is 24.6. The van der Waals surface area contributed by atoms with Crippen molar-refractivity contribution < 1.29 is 28.6 Å². The number of nitrogens with zero attached hydrogens (tertiary/aromatic N) is 1. The fourth-order valence-corrected chi connectivity index (χ4v) is 4.87. The minimum absolute atomic E-state index is 0.0379. The van der Waals surface area contributed by atoms with Gasteiger partial charge in [0.25, 0.3) is 0 Å². The summed E-state index contributed by atoms with van der Waals surface area (Å²) in [6, 6.07) is 9.67.